The molecule has 1 aliphatic rings. The molecule has 1 aliphatic heterocycles. The van der Waals surface area contributed by atoms with Crippen LogP contribution in [0.25, 0.3) is 11.4 Å². The van der Waals surface area contributed by atoms with Crippen LogP contribution in [-0.2, 0) is 25.9 Å². The second-order valence-corrected chi connectivity index (χ2v) is 8.98. The van der Waals surface area contributed by atoms with Crippen LogP contribution in [0.15, 0.2) is 58.2 Å². The summed E-state index contributed by atoms with van der Waals surface area (Å²) in [6.45, 7) is 1.41. The molecular weight excluding hydrogens is 436 g/mol. The van der Waals surface area contributed by atoms with Gasteiger partial charge in [-0.05, 0) is 36.8 Å². The topological polar surface area (TPSA) is 125 Å². The number of hydrogen-bond donors (Lipinski definition) is 0. The van der Waals surface area contributed by atoms with Gasteiger partial charge >= 0.3 is 5.97 Å². The van der Waals surface area contributed by atoms with Crippen LogP contribution < -0.4 is 0 Å². The normalized spacial score (nSPS) is 14.9. The van der Waals surface area contributed by atoms with Crippen molar-refractivity contribution >= 4 is 16.0 Å². The molecule has 0 spiro atoms. The number of hydrogen-bond acceptors (Lipinski definition) is 9. The monoisotopic (exact) mass is 458 g/mol. The molecule has 32 heavy (non-hydrogen) atoms. The first-order valence-corrected chi connectivity index (χ1v) is 11.6. The predicted molar refractivity (Wildman–Crippen MR) is 112 cm³/mol. The molecule has 0 unspecified atom stereocenters. The lowest BCUT2D eigenvalue weighted by Gasteiger charge is -2.26. The minimum absolute atomic E-state index is 0.0580. The van der Waals surface area contributed by atoms with E-state index in [2.05, 4.69) is 15.1 Å². The van der Waals surface area contributed by atoms with Crippen molar-refractivity contribution < 1.29 is 27.2 Å². The molecule has 3 aromatic rings. The first kappa shape index (κ1) is 22.1. The number of carbonyl (C=O) groups excluding carboxylic acids is 1. The lowest BCUT2D eigenvalue weighted by molar-refractivity contribution is 0.0498. The fraction of sp³-hybridized carbons (Fsp3) is 0.333. The van der Waals surface area contributed by atoms with Crippen LogP contribution in [-0.4, -0.2) is 66.7 Å². The minimum Gasteiger partial charge on any atom is -0.462 e. The highest BCUT2D eigenvalue weighted by molar-refractivity contribution is 7.89. The highest BCUT2D eigenvalue weighted by Gasteiger charge is 2.27. The van der Waals surface area contributed by atoms with Gasteiger partial charge in [0.25, 0.3) is 0 Å². The number of pyridine rings is 1. The quantitative estimate of drug-likeness (QED) is 0.368. The van der Waals surface area contributed by atoms with Gasteiger partial charge in [-0.25, -0.2) is 13.2 Å². The van der Waals surface area contributed by atoms with Gasteiger partial charge in [-0.2, -0.15) is 9.29 Å². The molecule has 3 heterocycles. The average Bonchev–Trinajstić information content (AvgIpc) is 3.32. The molecule has 0 N–H and O–H groups in total. The summed E-state index contributed by atoms with van der Waals surface area (Å²) in [4.78, 5) is 20.8. The zero-order chi connectivity index (χ0) is 22.4. The molecule has 1 saturated heterocycles. The minimum atomic E-state index is -3.69. The number of rotatable bonds is 8. The van der Waals surface area contributed by atoms with E-state index in [0.29, 0.717) is 37.8 Å². The summed E-state index contributed by atoms with van der Waals surface area (Å²) < 4.78 is 42.6. The average molecular weight is 458 g/mol. The third kappa shape index (κ3) is 5.18. The molecule has 0 amide bonds. The third-order valence-corrected chi connectivity index (χ3v) is 6.73. The Hall–Kier alpha value is -3.15. The number of nitrogens with zero attached hydrogens (tertiary/aromatic N) is 4. The number of aryl methyl sites for hydroxylation is 1. The molecule has 0 bridgehead atoms. The molecule has 4 rings (SSSR count). The second-order valence-electron chi connectivity index (χ2n) is 7.04. The number of aromatic nitrogens is 3. The standard InChI is InChI=1S/C21H22N4O6S/c26-21(16-4-1-6-18(14-16)32(27,28)25-9-12-29-13-10-25)30-11-3-7-19-23-20(24-31-19)17-5-2-8-22-15-17/h1-2,4-6,8,14-15H,3,7,9-13H2. The van der Waals surface area contributed by atoms with E-state index in [1.807, 2.05) is 6.07 Å². The maximum atomic E-state index is 12.8. The van der Waals surface area contributed by atoms with Gasteiger partial charge in [-0.3, -0.25) is 4.98 Å². The van der Waals surface area contributed by atoms with Gasteiger partial charge in [0, 0.05) is 37.5 Å². The van der Waals surface area contributed by atoms with Gasteiger partial charge in [0.1, 0.15) is 0 Å². The fourth-order valence-electron chi connectivity index (χ4n) is 3.16. The van der Waals surface area contributed by atoms with Crippen molar-refractivity contribution in [2.45, 2.75) is 17.7 Å². The van der Waals surface area contributed by atoms with Gasteiger partial charge in [0.05, 0.1) is 30.3 Å². The first-order valence-electron chi connectivity index (χ1n) is 10.1. The largest absolute Gasteiger partial charge is 0.462 e. The number of esters is 1. The van der Waals surface area contributed by atoms with Gasteiger partial charge < -0.3 is 14.0 Å². The van der Waals surface area contributed by atoms with Crippen molar-refractivity contribution in [1.82, 2.24) is 19.4 Å². The summed E-state index contributed by atoms with van der Waals surface area (Å²) in [5, 5.41) is 3.92. The summed E-state index contributed by atoms with van der Waals surface area (Å²) in [5.74, 6) is 0.285. The number of morpholine rings is 1. The van der Waals surface area contributed by atoms with Crippen molar-refractivity contribution in [2.24, 2.45) is 0 Å². The Labute approximate surface area is 185 Å². The Morgan fingerprint density at radius 1 is 1.16 bits per heavy atom. The van der Waals surface area contributed by atoms with Crippen LogP contribution in [0.2, 0.25) is 0 Å². The molecule has 1 aromatic carbocycles. The second kappa shape index (κ2) is 9.98. The maximum Gasteiger partial charge on any atom is 0.338 e. The SMILES string of the molecule is O=C(OCCCc1nc(-c2cccnc2)no1)c1cccc(S(=O)(=O)N2CCOCC2)c1. The third-order valence-electron chi connectivity index (χ3n) is 4.83. The Balaban J connectivity index is 1.30. The van der Waals surface area contributed by atoms with Crippen molar-refractivity contribution in [3.63, 3.8) is 0 Å². The molecule has 0 aliphatic carbocycles. The van der Waals surface area contributed by atoms with Crippen molar-refractivity contribution in [3.8, 4) is 11.4 Å². The summed E-state index contributed by atoms with van der Waals surface area (Å²) in [6.07, 6.45) is 4.22. The smallest absolute Gasteiger partial charge is 0.338 e. The van der Waals surface area contributed by atoms with Crippen LogP contribution in [0.4, 0.5) is 0 Å². The number of benzene rings is 1. The van der Waals surface area contributed by atoms with E-state index in [-0.39, 0.29) is 30.2 Å². The van der Waals surface area contributed by atoms with Gasteiger partial charge in [-0.15, -0.1) is 0 Å². The summed E-state index contributed by atoms with van der Waals surface area (Å²) >= 11 is 0. The Morgan fingerprint density at radius 3 is 2.78 bits per heavy atom. The molecule has 168 valence electrons. The van der Waals surface area contributed by atoms with Crippen molar-refractivity contribution in [1.29, 1.82) is 0 Å². The molecule has 1 fully saturated rings. The zero-order valence-electron chi connectivity index (χ0n) is 17.2. The highest BCUT2D eigenvalue weighted by Crippen LogP contribution is 2.19. The summed E-state index contributed by atoms with van der Waals surface area (Å²) in [7, 11) is -3.69. The molecular formula is C21H22N4O6S. The van der Waals surface area contributed by atoms with Crippen LogP contribution in [0, 0.1) is 0 Å². The Morgan fingerprint density at radius 2 is 2.00 bits per heavy atom. The molecule has 11 heteroatoms. The van der Waals surface area contributed by atoms with E-state index in [1.165, 1.54) is 28.6 Å². The first-order chi connectivity index (χ1) is 15.5. The van der Waals surface area contributed by atoms with Crippen molar-refractivity contribution in [2.75, 3.05) is 32.9 Å². The molecule has 10 nitrogen and oxygen atoms in total. The molecule has 0 saturated carbocycles. The van der Waals surface area contributed by atoms with E-state index in [0.717, 1.165) is 5.56 Å². The van der Waals surface area contributed by atoms with Crippen LogP contribution in [0.1, 0.15) is 22.7 Å². The van der Waals surface area contributed by atoms with Crippen LogP contribution in [0.5, 0.6) is 0 Å². The maximum absolute atomic E-state index is 12.8. The predicted octanol–water partition coefficient (Wildman–Crippen LogP) is 1.94. The van der Waals surface area contributed by atoms with Gasteiger partial charge in [0.15, 0.2) is 0 Å². The van der Waals surface area contributed by atoms with Crippen LogP contribution >= 0.6 is 0 Å². The molecule has 0 radical (unpaired) electrons. The number of ether oxygens (including phenoxy) is 2. The highest BCUT2D eigenvalue weighted by atomic mass is 32.2. The lowest BCUT2D eigenvalue weighted by Crippen LogP contribution is -2.40. The summed E-state index contributed by atoms with van der Waals surface area (Å²) in [5.41, 5.74) is 0.928. The number of carbonyl (C=O) groups is 1. The summed E-state index contributed by atoms with van der Waals surface area (Å²) in [6, 6.07) is 9.48. The van der Waals surface area contributed by atoms with E-state index in [1.54, 1.807) is 18.5 Å². The molecule has 2 aromatic heterocycles. The van der Waals surface area contributed by atoms with E-state index in [4.69, 9.17) is 14.0 Å². The number of sulfonamides is 1. The van der Waals surface area contributed by atoms with E-state index >= 15 is 0 Å². The van der Waals surface area contributed by atoms with Gasteiger partial charge in [-0.1, -0.05) is 11.2 Å². The van der Waals surface area contributed by atoms with Gasteiger partial charge in [0.2, 0.25) is 21.7 Å². The van der Waals surface area contributed by atoms with E-state index in [9.17, 15) is 13.2 Å². The molecule has 0 atom stereocenters. The Kier molecular flexibility index (Phi) is 6.88. The van der Waals surface area contributed by atoms with Crippen LogP contribution in [0.3, 0.4) is 0 Å². The van der Waals surface area contributed by atoms with Crippen molar-refractivity contribution in [3.05, 3.63) is 60.2 Å². The van der Waals surface area contributed by atoms with E-state index < -0.39 is 16.0 Å². The fourth-order valence-corrected chi connectivity index (χ4v) is 4.61. The zero-order valence-corrected chi connectivity index (χ0v) is 18.0. The lowest BCUT2D eigenvalue weighted by atomic mass is 10.2. The Bertz CT molecular complexity index is 1160.